The molecule has 0 aromatic heterocycles. The van der Waals surface area contributed by atoms with E-state index in [2.05, 4.69) is 0 Å². The molecule has 0 fully saturated rings. The maximum Gasteiger partial charge on any atom is 0.243 e. The Labute approximate surface area is 118 Å². The van der Waals surface area contributed by atoms with Gasteiger partial charge in [-0.1, -0.05) is 25.1 Å². The molecule has 0 saturated heterocycles. The predicted molar refractivity (Wildman–Crippen MR) is 79.2 cm³/mol. The lowest BCUT2D eigenvalue weighted by Gasteiger charge is -2.24. The minimum absolute atomic E-state index is 0.291. The zero-order valence-corrected chi connectivity index (χ0v) is 13.4. The van der Waals surface area contributed by atoms with E-state index in [1.54, 1.807) is 32.4 Å². The minimum Gasteiger partial charge on any atom is -0.260 e. The molecule has 1 rings (SSSR count). The second kappa shape index (κ2) is 6.63. The van der Waals surface area contributed by atoms with Gasteiger partial charge in [0.05, 0.1) is 4.90 Å². The van der Waals surface area contributed by atoms with Gasteiger partial charge in [0, 0.05) is 35.9 Å². The first-order valence-corrected chi connectivity index (χ1v) is 9.33. The topological polar surface area (TPSA) is 54.5 Å². The van der Waals surface area contributed by atoms with Gasteiger partial charge in [-0.3, -0.25) is 4.21 Å². The Balaban J connectivity index is 3.13. The van der Waals surface area contributed by atoms with Crippen LogP contribution in [-0.4, -0.2) is 42.0 Å². The first-order chi connectivity index (χ1) is 8.80. The molecule has 0 amide bonds. The van der Waals surface area contributed by atoms with Gasteiger partial charge in [-0.2, -0.15) is 4.31 Å². The molecule has 0 N–H and O–H groups in total. The van der Waals surface area contributed by atoms with Gasteiger partial charge in [-0.05, 0) is 25.0 Å². The van der Waals surface area contributed by atoms with Crippen LogP contribution in [-0.2, 0) is 27.2 Å². The van der Waals surface area contributed by atoms with Gasteiger partial charge >= 0.3 is 0 Å². The Morgan fingerprint density at radius 1 is 1.32 bits per heavy atom. The van der Waals surface area contributed by atoms with E-state index in [1.165, 1.54) is 4.31 Å². The van der Waals surface area contributed by atoms with Crippen molar-refractivity contribution in [1.29, 1.82) is 0 Å². The van der Waals surface area contributed by atoms with Crippen LogP contribution < -0.4 is 0 Å². The fraction of sp³-hybridized carbons (Fsp3) is 0.538. The standard InChI is InChI=1S/C13H21NO3S2/c1-5-12-8-6-7-9-13(12)19(16,17)14(3)11(2)10-18(4)15/h6-9,11H,5,10H2,1-4H3. The van der Waals surface area contributed by atoms with Crippen LogP contribution in [0, 0.1) is 0 Å². The smallest absolute Gasteiger partial charge is 0.243 e. The summed E-state index contributed by atoms with van der Waals surface area (Å²) in [4.78, 5) is 0.341. The third kappa shape index (κ3) is 3.87. The minimum atomic E-state index is -3.53. The largest absolute Gasteiger partial charge is 0.260 e. The molecule has 0 radical (unpaired) electrons. The number of hydrogen-bond donors (Lipinski definition) is 0. The van der Waals surface area contributed by atoms with E-state index in [0.717, 1.165) is 5.56 Å². The van der Waals surface area contributed by atoms with E-state index >= 15 is 0 Å². The van der Waals surface area contributed by atoms with Crippen LogP contribution in [0.1, 0.15) is 19.4 Å². The molecule has 0 spiro atoms. The molecule has 0 heterocycles. The summed E-state index contributed by atoms with van der Waals surface area (Å²) in [5.74, 6) is 0.337. The molecule has 2 atom stereocenters. The molecule has 108 valence electrons. The first kappa shape index (κ1) is 16.3. The lowest BCUT2D eigenvalue weighted by molar-refractivity contribution is 0.413. The molecule has 0 bridgehead atoms. The third-order valence-electron chi connectivity index (χ3n) is 3.11. The summed E-state index contributed by atoms with van der Waals surface area (Å²) >= 11 is 0. The molecule has 4 nitrogen and oxygen atoms in total. The van der Waals surface area contributed by atoms with Gasteiger partial charge in [-0.25, -0.2) is 8.42 Å². The van der Waals surface area contributed by atoms with Crippen LogP contribution in [0.4, 0.5) is 0 Å². The molecular formula is C13H21NO3S2. The maximum absolute atomic E-state index is 12.6. The van der Waals surface area contributed by atoms with Crippen LogP contribution in [0.25, 0.3) is 0 Å². The van der Waals surface area contributed by atoms with E-state index in [4.69, 9.17) is 0 Å². The highest BCUT2D eigenvalue weighted by Crippen LogP contribution is 2.21. The van der Waals surface area contributed by atoms with E-state index in [-0.39, 0.29) is 6.04 Å². The van der Waals surface area contributed by atoms with Gasteiger partial charge < -0.3 is 0 Å². The maximum atomic E-state index is 12.6. The average Bonchev–Trinajstić information content (AvgIpc) is 2.36. The summed E-state index contributed by atoms with van der Waals surface area (Å²) in [5.41, 5.74) is 0.805. The summed E-state index contributed by atoms with van der Waals surface area (Å²) in [6.45, 7) is 3.70. The van der Waals surface area contributed by atoms with E-state index in [1.807, 2.05) is 19.1 Å². The van der Waals surface area contributed by atoms with E-state index in [0.29, 0.717) is 17.1 Å². The summed E-state index contributed by atoms with van der Waals surface area (Å²) in [6.07, 6.45) is 2.24. The summed E-state index contributed by atoms with van der Waals surface area (Å²) < 4.78 is 37.7. The van der Waals surface area contributed by atoms with Gasteiger partial charge in [0.1, 0.15) is 0 Å². The molecule has 0 aliphatic carbocycles. The summed E-state index contributed by atoms with van der Waals surface area (Å²) in [7, 11) is -3.01. The SMILES string of the molecule is CCc1ccccc1S(=O)(=O)N(C)C(C)CS(C)=O. The van der Waals surface area contributed by atoms with Gasteiger partial charge in [0.2, 0.25) is 10.0 Å². The fourth-order valence-electron chi connectivity index (χ4n) is 1.88. The number of hydrogen-bond acceptors (Lipinski definition) is 3. The summed E-state index contributed by atoms with van der Waals surface area (Å²) in [6, 6.07) is 6.72. The van der Waals surface area contributed by atoms with Crippen LogP contribution in [0.5, 0.6) is 0 Å². The van der Waals surface area contributed by atoms with Crippen molar-refractivity contribution in [3.63, 3.8) is 0 Å². The van der Waals surface area contributed by atoms with Crippen molar-refractivity contribution in [2.75, 3.05) is 19.1 Å². The summed E-state index contributed by atoms with van der Waals surface area (Å²) in [5, 5.41) is 0. The van der Waals surface area contributed by atoms with Crippen molar-refractivity contribution in [2.45, 2.75) is 31.2 Å². The fourth-order valence-corrected chi connectivity index (χ4v) is 4.53. The number of sulfonamides is 1. The first-order valence-electron chi connectivity index (χ1n) is 6.16. The lowest BCUT2D eigenvalue weighted by atomic mass is 10.2. The Morgan fingerprint density at radius 3 is 2.42 bits per heavy atom. The lowest BCUT2D eigenvalue weighted by Crippen LogP contribution is -2.38. The third-order valence-corrected chi connectivity index (χ3v) is 6.13. The second-order valence-corrected chi connectivity index (χ2v) is 8.02. The highest BCUT2D eigenvalue weighted by Gasteiger charge is 2.27. The average molecular weight is 303 g/mol. The van der Waals surface area contributed by atoms with Crippen molar-refractivity contribution >= 4 is 20.8 Å². The van der Waals surface area contributed by atoms with Gasteiger partial charge in [0.25, 0.3) is 0 Å². The highest BCUT2D eigenvalue weighted by atomic mass is 32.2. The van der Waals surface area contributed by atoms with Crippen molar-refractivity contribution in [3.8, 4) is 0 Å². The number of benzene rings is 1. The molecule has 6 heteroatoms. The zero-order chi connectivity index (χ0) is 14.6. The number of nitrogens with zero attached hydrogens (tertiary/aromatic N) is 1. The van der Waals surface area contributed by atoms with Crippen LogP contribution in [0.15, 0.2) is 29.2 Å². The molecule has 0 saturated carbocycles. The molecule has 1 aromatic carbocycles. The van der Waals surface area contributed by atoms with Crippen LogP contribution in [0.2, 0.25) is 0 Å². The molecule has 1 aromatic rings. The number of rotatable bonds is 6. The van der Waals surface area contributed by atoms with Crippen molar-refractivity contribution in [2.24, 2.45) is 0 Å². The van der Waals surface area contributed by atoms with E-state index < -0.39 is 20.8 Å². The monoisotopic (exact) mass is 303 g/mol. The quantitative estimate of drug-likeness (QED) is 0.803. The van der Waals surface area contributed by atoms with Crippen LogP contribution >= 0.6 is 0 Å². The molecule has 19 heavy (non-hydrogen) atoms. The molecular weight excluding hydrogens is 282 g/mol. The Hall–Kier alpha value is -0.720. The van der Waals surface area contributed by atoms with Gasteiger partial charge in [-0.15, -0.1) is 0 Å². The molecule has 0 aliphatic rings. The van der Waals surface area contributed by atoms with Crippen LogP contribution in [0.3, 0.4) is 0 Å². The van der Waals surface area contributed by atoms with Gasteiger partial charge in [0.15, 0.2) is 0 Å². The zero-order valence-electron chi connectivity index (χ0n) is 11.8. The normalized spacial score (nSPS) is 15.4. The van der Waals surface area contributed by atoms with Crippen molar-refractivity contribution in [1.82, 2.24) is 4.31 Å². The van der Waals surface area contributed by atoms with E-state index in [9.17, 15) is 12.6 Å². The molecule has 0 aliphatic heterocycles. The Morgan fingerprint density at radius 2 is 1.89 bits per heavy atom. The van der Waals surface area contributed by atoms with Crippen molar-refractivity contribution in [3.05, 3.63) is 29.8 Å². The second-order valence-electron chi connectivity index (χ2n) is 4.57. The Kier molecular flexibility index (Phi) is 5.70. The highest BCUT2D eigenvalue weighted by molar-refractivity contribution is 7.89. The van der Waals surface area contributed by atoms with Crippen molar-refractivity contribution < 1.29 is 12.6 Å². The Bertz CT molecular complexity index is 555. The molecule has 2 unspecified atom stereocenters. The number of aryl methyl sites for hydroxylation is 1. The predicted octanol–water partition coefficient (Wildman–Crippen LogP) is 1.64.